The molecule has 0 saturated heterocycles. The van der Waals surface area contributed by atoms with Crippen molar-refractivity contribution in [2.75, 3.05) is 16.5 Å². The van der Waals surface area contributed by atoms with Crippen LogP contribution in [0, 0.1) is 0 Å². The van der Waals surface area contributed by atoms with Crippen molar-refractivity contribution in [2.24, 2.45) is 0 Å². The molecular weight excluding hydrogens is 617 g/mol. The zero-order chi connectivity index (χ0) is 33.9. The maximum absolute atomic E-state index is 4.87. The van der Waals surface area contributed by atoms with Gasteiger partial charge in [-0.1, -0.05) is 108 Å². The van der Waals surface area contributed by atoms with Crippen LogP contribution in [0.3, 0.4) is 0 Å². The molecule has 0 aliphatic carbocycles. The summed E-state index contributed by atoms with van der Waals surface area (Å²) < 4.78 is 2.32. The van der Waals surface area contributed by atoms with Gasteiger partial charge in [-0.25, -0.2) is 4.98 Å². The number of hydrogen-bond acceptors (Lipinski definition) is 4. The first kappa shape index (κ1) is 31.3. The first-order valence-electron chi connectivity index (χ1n) is 17.1. The summed E-state index contributed by atoms with van der Waals surface area (Å²) in [4.78, 5) is 12.1. The van der Waals surface area contributed by atoms with E-state index < -0.39 is 0 Å². The Morgan fingerprint density at radius 1 is 0.531 bits per heavy atom. The lowest BCUT2D eigenvalue weighted by Gasteiger charge is -2.25. The summed E-state index contributed by atoms with van der Waals surface area (Å²) in [6.45, 7) is 14.3. The van der Waals surface area contributed by atoms with E-state index in [1.807, 2.05) is 6.20 Å². The molecule has 0 unspecified atom stereocenters. The first-order chi connectivity index (χ1) is 23.5. The molecule has 49 heavy (non-hydrogen) atoms. The molecule has 2 aromatic heterocycles. The van der Waals surface area contributed by atoms with Crippen LogP contribution < -0.4 is 9.80 Å². The van der Waals surface area contributed by atoms with Crippen molar-refractivity contribution in [2.45, 2.75) is 62.2 Å². The van der Waals surface area contributed by atoms with Crippen molar-refractivity contribution in [3.8, 4) is 5.82 Å². The number of fused-ring (bicyclic) bond motifs is 4. The van der Waals surface area contributed by atoms with Crippen LogP contribution in [-0.2, 0) is 10.8 Å². The number of anilines is 4. The minimum Gasteiger partial charge on any atom is -0.321 e. The van der Waals surface area contributed by atoms with E-state index >= 15 is 0 Å². The number of rotatable bonds is 5. The zero-order valence-electron chi connectivity index (χ0n) is 29.1. The van der Waals surface area contributed by atoms with Gasteiger partial charge in [0.1, 0.15) is 12.5 Å². The average Bonchev–Trinajstić information content (AvgIpc) is 3.64. The smallest absolute Gasteiger partial charge is 0.137 e. The maximum atomic E-state index is 4.87. The molecule has 0 amide bonds. The maximum Gasteiger partial charge on any atom is 0.137 e. The van der Waals surface area contributed by atoms with Gasteiger partial charge in [-0.2, -0.15) is 0 Å². The molecule has 0 bridgehead atoms. The van der Waals surface area contributed by atoms with Crippen LogP contribution in [0.25, 0.3) is 27.6 Å². The van der Waals surface area contributed by atoms with Crippen molar-refractivity contribution in [3.63, 3.8) is 0 Å². The third-order valence-electron chi connectivity index (χ3n) is 9.62. The van der Waals surface area contributed by atoms with Gasteiger partial charge < -0.3 is 9.80 Å². The first-order valence-corrected chi connectivity index (χ1v) is 17.9. The highest BCUT2D eigenvalue weighted by Gasteiger charge is 2.28. The van der Waals surface area contributed by atoms with E-state index in [0.717, 1.165) is 12.5 Å². The van der Waals surface area contributed by atoms with Gasteiger partial charge in [0.15, 0.2) is 0 Å². The van der Waals surface area contributed by atoms with Gasteiger partial charge in [0.05, 0.1) is 22.4 Å². The number of pyridine rings is 1. The summed E-state index contributed by atoms with van der Waals surface area (Å²) in [5.74, 6) is 0.952. The molecule has 0 radical (unpaired) electrons. The molecule has 244 valence electrons. The standard InChI is InChI=1S/C44H42N4S/c1-43(2,3)30-13-11-14-32(25-30)46-29-47(40-20-10-9-19-39(40)46)33-15-12-16-34(27-33)49-35-21-22-37-36-17-7-8-18-38(36)48(41(37)28-35)42-26-31(23-24-45-42)44(4,5)6/h7-28H,29H2,1-6H3. The molecule has 3 heterocycles. The molecular formula is C44H42N4S. The Hall–Kier alpha value is -5.00. The summed E-state index contributed by atoms with van der Waals surface area (Å²) in [7, 11) is 0. The third kappa shape index (κ3) is 5.76. The van der Waals surface area contributed by atoms with Gasteiger partial charge in [0.25, 0.3) is 0 Å². The lowest BCUT2D eigenvalue weighted by Crippen LogP contribution is -2.24. The van der Waals surface area contributed by atoms with Crippen LogP contribution in [0.1, 0.15) is 52.7 Å². The van der Waals surface area contributed by atoms with E-state index in [2.05, 4.69) is 183 Å². The minimum absolute atomic E-state index is 0.0336. The molecule has 7 aromatic rings. The Bertz CT molecular complexity index is 2340. The predicted octanol–water partition coefficient (Wildman–Crippen LogP) is 12.2. The fraction of sp³-hybridized carbons (Fsp3) is 0.205. The van der Waals surface area contributed by atoms with Gasteiger partial charge in [-0.15, -0.1) is 0 Å². The molecule has 0 atom stereocenters. The van der Waals surface area contributed by atoms with Crippen molar-refractivity contribution in [3.05, 3.63) is 145 Å². The largest absolute Gasteiger partial charge is 0.321 e. The average molecular weight is 659 g/mol. The SMILES string of the molecule is CC(C)(C)c1cccc(N2CN(c3cccc(Sc4ccc5c6ccccc6n(-c6cc(C(C)(C)C)ccn6)c5c4)c3)c3ccccc32)c1. The molecule has 0 spiro atoms. The van der Waals surface area contributed by atoms with E-state index in [1.165, 1.54) is 65.5 Å². The van der Waals surface area contributed by atoms with Gasteiger partial charge >= 0.3 is 0 Å². The number of para-hydroxylation sites is 3. The summed E-state index contributed by atoms with van der Waals surface area (Å²) in [5.41, 5.74) is 9.94. The van der Waals surface area contributed by atoms with E-state index in [4.69, 9.17) is 4.98 Å². The Morgan fingerprint density at radius 3 is 1.88 bits per heavy atom. The van der Waals surface area contributed by atoms with Crippen LogP contribution in [0.2, 0.25) is 0 Å². The Labute approximate surface area is 294 Å². The highest BCUT2D eigenvalue weighted by atomic mass is 32.2. The third-order valence-corrected chi connectivity index (χ3v) is 10.6. The second kappa shape index (κ2) is 11.9. The van der Waals surface area contributed by atoms with Gasteiger partial charge in [-0.3, -0.25) is 4.57 Å². The highest BCUT2D eigenvalue weighted by molar-refractivity contribution is 7.99. The Morgan fingerprint density at radius 2 is 1.14 bits per heavy atom. The van der Waals surface area contributed by atoms with Crippen molar-refractivity contribution >= 4 is 56.3 Å². The van der Waals surface area contributed by atoms with E-state index in [0.29, 0.717) is 0 Å². The molecule has 4 nitrogen and oxygen atoms in total. The van der Waals surface area contributed by atoms with Crippen molar-refractivity contribution in [1.82, 2.24) is 9.55 Å². The fourth-order valence-corrected chi connectivity index (χ4v) is 7.82. The monoisotopic (exact) mass is 658 g/mol. The van der Waals surface area contributed by atoms with E-state index in [9.17, 15) is 0 Å². The Kier molecular flexibility index (Phi) is 7.57. The number of nitrogens with zero attached hydrogens (tertiary/aromatic N) is 4. The van der Waals surface area contributed by atoms with E-state index in [-0.39, 0.29) is 10.8 Å². The van der Waals surface area contributed by atoms with E-state index in [1.54, 1.807) is 11.8 Å². The summed E-state index contributed by atoms with van der Waals surface area (Å²) in [6.07, 6.45) is 1.94. The number of hydrogen-bond donors (Lipinski definition) is 0. The van der Waals surface area contributed by atoms with Crippen LogP contribution in [0.4, 0.5) is 22.7 Å². The second-order valence-electron chi connectivity index (χ2n) is 15.1. The lowest BCUT2D eigenvalue weighted by atomic mass is 9.87. The molecule has 5 aromatic carbocycles. The van der Waals surface area contributed by atoms with Crippen LogP contribution in [0.15, 0.2) is 143 Å². The molecule has 1 aliphatic heterocycles. The topological polar surface area (TPSA) is 24.3 Å². The zero-order valence-corrected chi connectivity index (χ0v) is 29.9. The van der Waals surface area contributed by atoms with Crippen molar-refractivity contribution < 1.29 is 0 Å². The quantitative estimate of drug-likeness (QED) is 0.184. The molecule has 0 fully saturated rings. The summed E-state index contributed by atoms with van der Waals surface area (Å²) in [5, 5.41) is 2.48. The van der Waals surface area contributed by atoms with Gasteiger partial charge in [0.2, 0.25) is 0 Å². The Balaban J connectivity index is 1.15. The molecule has 0 N–H and O–H groups in total. The fourth-order valence-electron chi connectivity index (χ4n) is 6.92. The van der Waals surface area contributed by atoms with Gasteiger partial charge in [-0.05, 0) is 94.8 Å². The van der Waals surface area contributed by atoms with Crippen LogP contribution in [0.5, 0.6) is 0 Å². The summed E-state index contributed by atoms with van der Waals surface area (Å²) in [6, 6.07) is 46.6. The second-order valence-corrected chi connectivity index (χ2v) is 16.2. The van der Waals surface area contributed by atoms with Gasteiger partial charge in [0, 0.05) is 38.1 Å². The number of benzene rings is 5. The van der Waals surface area contributed by atoms with Crippen LogP contribution in [-0.4, -0.2) is 16.2 Å². The predicted molar refractivity (Wildman–Crippen MR) is 209 cm³/mol. The summed E-state index contributed by atoms with van der Waals surface area (Å²) >= 11 is 1.81. The molecule has 5 heteroatoms. The normalized spacial score (nSPS) is 13.4. The van der Waals surface area contributed by atoms with Crippen LogP contribution >= 0.6 is 11.8 Å². The number of aromatic nitrogens is 2. The molecule has 1 aliphatic rings. The highest BCUT2D eigenvalue weighted by Crippen LogP contribution is 2.46. The molecule has 0 saturated carbocycles. The molecule has 8 rings (SSSR count). The minimum atomic E-state index is 0.0336. The lowest BCUT2D eigenvalue weighted by molar-refractivity contribution is 0.588. The van der Waals surface area contributed by atoms with Crippen molar-refractivity contribution in [1.29, 1.82) is 0 Å².